The predicted octanol–water partition coefficient (Wildman–Crippen LogP) is 2.30. The predicted molar refractivity (Wildman–Crippen MR) is 62.8 cm³/mol. The molecule has 0 unspecified atom stereocenters. The van der Waals surface area contributed by atoms with Crippen LogP contribution < -0.4 is 11.1 Å². The Morgan fingerprint density at radius 1 is 1.29 bits per heavy atom. The van der Waals surface area contributed by atoms with Crippen molar-refractivity contribution in [1.29, 1.82) is 0 Å². The van der Waals surface area contributed by atoms with Crippen LogP contribution in [0.15, 0.2) is 24.5 Å². The number of nitrogens with zero attached hydrogens (tertiary/aromatic N) is 2. The Morgan fingerprint density at radius 3 is 2.76 bits per heavy atom. The van der Waals surface area contributed by atoms with Crippen LogP contribution in [-0.2, 0) is 0 Å². The summed E-state index contributed by atoms with van der Waals surface area (Å²) in [7, 11) is 0. The fraction of sp³-hybridized carbons (Fsp3) is 0. The van der Waals surface area contributed by atoms with Gasteiger partial charge in [0.1, 0.15) is 29.5 Å². The highest BCUT2D eigenvalue weighted by Gasteiger charge is 2.08. The second kappa shape index (κ2) is 4.42. The second-order valence-corrected chi connectivity index (χ2v) is 3.64. The molecular formula is C10H8ClFN4O. The molecule has 0 aliphatic rings. The van der Waals surface area contributed by atoms with Gasteiger partial charge in [0.2, 0.25) is 0 Å². The maximum absolute atomic E-state index is 13.5. The van der Waals surface area contributed by atoms with E-state index < -0.39 is 5.82 Å². The van der Waals surface area contributed by atoms with E-state index >= 15 is 0 Å². The van der Waals surface area contributed by atoms with E-state index in [1.165, 1.54) is 12.4 Å². The molecule has 0 fully saturated rings. The van der Waals surface area contributed by atoms with Crippen LogP contribution in [0.2, 0.25) is 5.02 Å². The van der Waals surface area contributed by atoms with Gasteiger partial charge in [-0.3, -0.25) is 0 Å². The summed E-state index contributed by atoms with van der Waals surface area (Å²) < 4.78 is 13.5. The van der Waals surface area contributed by atoms with E-state index in [1.54, 1.807) is 0 Å². The number of nitrogen functional groups attached to an aromatic ring is 1. The third-order valence-corrected chi connectivity index (χ3v) is 2.29. The molecule has 0 atom stereocenters. The fourth-order valence-corrected chi connectivity index (χ4v) is 1.36. The average Bonchev–Trinajstić information content (AvgIpc) is 2.26. The summed E-state index contributed by atoms with van der Waals surface area (Å²) in [5, 5.41) is 12.0. The first-order valence-corrected chi connectivity index (χ1v) is 4.96. The van der Waals surface area contributed by atoms with Gasteiger partial charge in [-0.05, 0) is 6.07 Å². The molecule has 4 N–H and O–H groups in total. The Hall–Kier alpha value is -2.08. The smallest absolute Gasteiger partial charge is 0.148 e. The molecule has 0 saturated carbocycles. The van der Waals surface area contributed by atoms with Crippen LogP contribution in [0.4, 0.5) is 21.7 Å². The van der Waals surface area contributed by atoms with Gasteiger partial charge in [-0.25, -0.2) is 14.4 Å². The number of halogens is 2. The zero-order valence-corrected chi connectivity index (χ0v) is 9.24. The standard InChI is InChI=1S/C10H8ClFN4O/c11-5-1-6(12)7(2-8(5)17)16-10-3-9(13)14-4-15-10/h1-4,17H,(H3,13,14,15,16). The molecule has 0 aliphatic carbocycles. The normalized spacial score (nSPS) is 10.2. The number of hydrogen-bond donors (Lipinski definition) is 3. The molecule has 17 heavy (non-hydrogen) atoms. The molecule has 1 aromatic heterocycles. The van der Waals surface area contributed by atoms with Gasteiger partial charge in [0.15, 0.2) is 0 Å². The van der Waals surface area contributed by atoms with E-state index in [0.717, 1.165) is 12.1 Å². The first-order chi connectivity index (χ1) is 8.06. The lowest BCUT2D eigenvalue weighted by Gasteiger charge is -2.08. The number of phenols is 1. The molecule has 0 amide bonds. The summed E-state index contributed by atoms with van der Waals surface area (Å²) in [6.07, 6.45) is 1.24. The molecule has 0 radical (unpaired) electrons. The first-order valence-electron chi connectivity index (χ1n) is 4.59. The number of nitrogens with two attached hydrogens (primary N) is 1. The van der Waals surface area contributed by atoms with Gasteiger partial charge in [0.25, 0.3) is 0 Å². The number of phenolic OH excluding ortho intramolecular Hbond substituents is 1. The van der Waals surface area contributed by atoms with Crippen LogP contribution in [0, 0.1) is 5.82 Å². The molecule has 0 aliphatic heterocycles. The van der Waals surface area contributed by atoms with Crippen molar-refractivity contribution in [1.82, 2.24) is 9.97 Å². The lowest BCUT2D eigenvalue weighted by atomic mass is 10.3. The number of anilines is 3. The number of benzene rings is 1. The number of aromatic nitrogens is 2. The summed E-state index contributed by atoms with van der Waals surface area (Å²) in [4.78, 5) is 7.54. The lowest BCUT2D eigenvalue weighted by molar-refractivity contribution is 0.474. The highest BCUT2D eigenvalue weighted by Crippen LogP contribution is 2.30. The Balaban J connectivity index is 2.33. The van der Waals surface area contributed by atoms with Gasteiger partial charge < -0.3 is 16.2 Å². The van der Waals surface area contributed by atoms with Crippen molar-refractivity contribution >= 4 is 28.9 Å². The highest BCUT2D eigenvalue weighted by molar-refractivity contribution is 6.32. The molecule has 1 heterocycles. The Bertz CT molecular complexity index is 564. The van der Waals surface area contributed by atoms with Gasteiger partial charge >= 0.3 is 0 Å². The van der Waals surface area contributed by atoms with Gasteiger partial charge in [-0.15, -0.1) is 0 Å². The zero-order chi connectivity index (χ0) is 12.4. The molecule has 2 rings (SSSR count). The minimum Gasteiger partial charge on any atom is -0.506 e. The molecular weight excluding hydrogens is 247 g/mol. The van der Waals surface area contributed by atoms with Crippen LogP contribution in [0.5, 0.6) is 5.75 Å². The molecule has 0 saturated heterocycles. The van der Waals surface area contributed by atoms with E-state index in [4.69, 9.17) is 17.3 Å². The average molecular weight is 255 g/mol. The zero-order valence-electron chi connectivity index (χ0n) is 8.48. The Kier molecular flexibility index (Phi) is 2.97. The minimum atomic E-state index is -0.606. The largest absolute Gasteiger partial charge is 0.506 e. The van der Waals surface area contributed by atoms with E-state index in [1.807, 2.05) is 0 Å². The van der Waals surface area contributed by atoms with Crippen LogP contribution in [0.1, 0.15) is 0 Å². The summed E-state index contributed by atoms with van der Waals surface area (Å²) in [5.41, 5.74) is 5.50. The lowest BCUT2D eigenvalue weighted by Crippen LogP contribution is -1.99. The molecule has 2 aromatic rings. The van der Waals surface area contributed by atoms with Gasteiger partial charge in [0, 0.05) is 12.1 Å². The van der Waals surface area contributed by atoms with Crippen LogP contribution in [-0.4, -0.2) is 15.1 Å². The monoisotopic (exact) mass is 254 g/mol. The number of aromatic hydroxyl groups is 1. The van der Waals surface area contributed by atoms with Crippen molar-refractivity contribution in [3.63, 3.8) is 0 Å². The highest BCUT2D eigenvalue weighted by atomic mass is 35.5. The van der Waals surface area contributed by atoms with Crippen molar-refractivity contribution in [2.24, 2.45) is 0 Å². The number of rotatable bonds is 2. The Morgan fingerprint density at radius 2 is 2.06 bits per heavy atom. The third-order valence-electron chi connectivity index (χ3n) is 1.99. The van der Waals surface area contributed by atoms with Crippen molar-refractivity contribution in [3.05, 3.63) is 35.4 Å². The van der Waals surface area contributed by atoms with Crippen molar-refractivity contribution in [2.45, 2.75) is 0 Å². The van der Waals surface area contributed by atoms with Gasteiger partial charge in [-0.2, -0.15) is 0 Å². The van der Waals surface area contributed by atoms with Crippen molar-refractivity contribution in [2.75, 3.05) is 11.1 Å². The molecule has 0 bridgehead atoms. The SMILES string of the molecule is Nc1cc(Nc2cc(O)c(Cl)cc2F)ncn1. The first kappa shape index (κ1) is 11.4. The summed E-state index contributed by atoms with van der Waals surface area (Å²) in [5.74, 6) is -0.262. The van der Waals surface area contributed by atoms with E-state index in [2.05, 4.69) is 15.3 Å². The maximum Gasteiger partial charge on any atom is 0.148 e. The molecule has 1 aromatic carbocycles. The minimum absolute atomic E-state index is 0.0463. The van der Waals surface area contributed by atoms with E-state index in [0.29, 0.717) is 5.82 Å². The van der Waals surface area contributed by atoms with Crippen LogP contribution in [0.3, 0.4) is 0 Å². The van der Waals surface area contributed by atoms with Gasteiger partial charge in [0.05, 0.1) is 10.7 Å². The number of hydrogen-bond acceptors (Lipinski definition) is 5. The number of nitrogens with one attached hydrogen (secondary N) is 1. The molecule has 88 valence electrons. The quantitative estimate of drug-likeness (QED) is 0.766. The van der Waals surface area contributed by atoms with Crippen LogP contribution >= 0.6 is 11.6 Å². The third kappa shape index (κ3) is 2.54. The molecule has 7 heteroatoms. The van der Waals surface area contributed by atoms with Crippen molar-refractivity contribution < 1.29 is 9.50 Å². The molecule has 5 nitrogen and oxygen atoms in total. The summed E-state index contributed by atoms with van der Waals surface area (Å²) in [6, 6.07) is 3.60. The fourth-order valence-electron chi connectivity index (χ4n) is 1.21. The Labute approximate surface area is 101 Å². The topological polar surface area (TPSA) is 84.1 Å². The second-order valence-electron chi connectivity index (χ2n) is 3.24. The van der Waals surface area contributed by atoms with Crippen LogP contribution in [0.25, 0.3) is 0 Å². The van der Waals surface area contributed by atoms with Gasteiger partial charge in [-0.1, -0.05) is 11.6 Å². The maximum atomic E-state index is 13.5. The van der Waals surface area contributed by atoms with E-state index in [-0.39, 0.29) is 22.3 Å². The summed E-state index contributed by atoms with van der Waals surface area (Å²) >= 11 is 5.55. The molecule has 0 spiro atoms. The summed E-state index contributed by atoms with van der Waals surface area (Å²) in [6.45, 7) is 0. The van der Waals surface area contributed by atoms with Crippen molar-refractivity contribution in [3.8, 4) is 5.75 Å². The van der Waals surface area contributed by atoms with E-state index in [9.17, 15) is 9.50 Å².